The quantitative estimate of drug-likeness (QED) is 0.341. The van der Waals surface area contributed by atoms with E-state index in [1.807, 2.05) is 6.07 Å². The van der Waals surface area contributed by atoms with E-state index in [-0.39, 0.29) is 12.1 Å². The van der Waals surface area contributed by atoms with E-state index in [0.717, 1.165) is 28.6 Å². The predicted octanol–water partition coefficient (Wildman–Crippen LogP) is 5.75. The van der Waals surface area contributed by atoms with Crippen molar-refractivity contribution in [3.05, 3.63) is 68.8 Å². The number of aliphatic carboxylic acids is 1. The molecule has 0 aliphatic rings. The van der Waals surface area contributed by atoms with E-state index >= 15 is 0 Å². The van der Waals surface area contributed by atoms with Crippen LogP contribution in [0.2, 0.25) is 10.0 Å². The highest BCUT2D eigenvalue weighted by Crippen LogP contribution is 2.35. The first kappa shape index (κ1) is 25.0. The van der Waals surface area contributed by atoms with Gasteiger partial charge in [-0.25, -0.2) is 14.2 Å². The number of thiazole rings is 1. The molecule has 0 saturated carbocycles. The number of hydrogen-bond acceptors (Lipinski definition) is 5. The number of carbonyl (C=O) groups is 2. The van der Waals surface area contributed by atoms with Crippen LogP contribution in [0.3, 0.4) is 0 Å². The van der Waals surface area contributed by atoms with E-state index in [1.165, 1.54) is 29.5 Å². The summed E-state index contributed by atoms with van der Waals surface area (Å²) >= 11 is 13.6. The molecular weight excluding hydrogens is 488 g/mol. The molecule has 0 aliphatic heterocycles. The Morgan fingerprint density at radius 1 is 1.15 bits per heavy atom. The molecular formula is C23H22Cl2FN3O3S. The fourth-order valence-electron chi connectivity index (χ4n) is 3.07. The van der Waals surface area contributed by atoms with Crippen molar-refractivity contribution in [2.24, 2.45) is 5.92 Å². The highest BCUT2D eigenvalue weighted by atomic mass is 35.5. The molecule has 0 radical (unpaired) electrons. The molecule has 1 heterocycles. The standard InChI is InChI=1S/C23H22Cl2FN3O3S/c1-12(2)8-19-20(13-6-7-16(24)17(25)10-13)29-23(33-19)27-11-18(22(31)32)28-21(30)14-4-3-5-15(26)9-14/h3-7,9-10,12,18H,8,11H2,1-2H3,(H,27,29)(H,28,30)(H,31,32). The van der Waals surface area contributed by atoms with Gasteiger partial charge in [-0.2, -0.15) is 0 Å². The summed E-state index contributed by atoms with van der Waals surface area (Å²) < 4.78 is 13.4. The number of aromatic nitrogens is 1. The van der Waals surface area contributed by atoms with Crippen LogP contribution in [0, 0.1) is 11.7 Å². The van der Waals surface area contributed by atoms with Gasteiger partial charge in [-0.05, 0) is 42.7 Å². The van der Waals surface area contributed by atoms with Gasteiger partial charge >= 0.3 is 5.97 Å². The van der Waals surface area contributed by atoms with Crippen LogP contribution in [0.25, 0.3) is 11.3 Å². The van der Waals surface area contributed by atoms with Crippen molar-refractivity contribution in [1.29, 1.82) is 0 Å². The molecule has 10 heteroatoms. The first-order chi connectivity index (χ1) is 15.6. The summed E-state index contributed by atoms with van der Waals surface area (Å²) in [5.74, 6) is -2.11. The minimum atomic E-state index is -1.24. The molecule has 6 nitrogen and oxygen atoms in total. The molecule has 1 amide bonds. The molecule has 1 atom stereocenters. The number of nitrogens with one attached hydrogen (secondary N) is 2. The zero-order valence-corrected chi connectivity index (χ0v) is 20.2. The van der Waals surface area contributed by atoms with Crippen molar-refractivity contribution in [2.45, 2.75) is 26.3 Å². The summed E-state index contributed by atoms with van der Waals surface area (Å²) in [6.07, 6.45) is 0.771. The lowest BCUT2D eigenvalue weighted by atomic mass is 10.0. The monoisotopic (exact) mass is 509 g/mol. The maximum Gasteiger partial charge on any atom is 0.328 e. The third kappa shape index (κ3) is 6.66. The molecule has 3 aromatic rings. The highest BCUT2D eigenvalue weighted by molar-refractivity contribution is 7.16. The van der Waals surface area contributed by atoms with Gasteiger partial charge in [0.25, 0.3) is 5.91 Å². The fourth-order valence-corrected chi connectivity index (χ4v) is 4.57. The Morgan fingerprint density at radius 2 is 1.91 bits per heavy atom. The Labute approximate surface area is 204 Å². The van der Waals surface area contributed by atoms with E-state index in [2.05, 4.69) is 29.5 Å². The molecule has 0 spiro atoms. The number of benzene rings is 2. The summed E-state index contributed by atoms with van der Waals surface area (Å²) in [6, 6.07) is 9.07. The van der Waals surface area contributed by atoms with E-state index in [4.69, 9.17) is 23.2 Å². The van der Waals surface area contributed by atoms with Crippen LogP contribution in [0.15, 0.2) is 42.5 Å². The topological polar surface area (TPSA) is 91.3 Å². The lowest BCUT2D eigenvalue weighted by molar-refractivity contribution is -0.138. The number of rotatable bonds is 9. The molecule has 1 unspecified atom stereocenters. The van der Waals surface area contributed by atoms with Gasteiger partial charge in [0.05, 0.1) is 15.7 Å². The van der Waals surface area contributed by atoms with Gasteiger partial charge < -0.3 is 15.7 Å². The Morgan fingerprint density at radius 3 is 2.55 bits per heavy atom. The lowest BCUT2D eigenvalue weighted by Gasteiger charge is -2.15. The van der Waals surface area contributed by atoms with Crippen LogP contribution in [-0.2, 0) is 11.2 Å². The average Bonchev–Trinajstić information content (AvgIpc) is 3.14. The van der Waals surface area contributed by atoms with Gasteiger partial charge in [-0.15, -0.1) is 11.3 Å². The molecule has 1 aromatic heterocycles. The molecule has 174 valence electrons. The molecule has 33 heavy (non-hydrogen) atoms. The van der Waals surface area contributed by atoms with Gasteiger partial charge in [0.15, 0.2) is 5.13 Å². The first-order valence-corrected chi connectivity index (χ1v) is 11.7. The van der Waals surface area contributed by atoms with Crippen molar-refractivity contribution in [3.63, 3.8) is 0 Å². The van der Waals surface area contributed by atoms with Gasteiger partial charge in [0, 0.05) is 22.5 Å². The second-order valence-electron chi connectivity index (χ2n) is 7.77. The molecule has 3 rings (SSSR count). The second kappa shape index (κ2) is 11.0. The number of amides is 1. The number of anilines is 1. The fraction of sp³-hybridized carbons (Fsp3) is 0.261. The highest BCUT2D eigenvalue weighted by Gasteiger charge is 2.22. The summed E-state index contributed by atoms with van der Waals surface area (Å²) in [6.45, 7) is 4.08. The normalized spacial score (nSPS) is 11.9. The van der Waals surface area contributed by atoms with Crippen LogP contribution in [-0.4, -0.2) is 34.6 Å². The number of carboxylic acid groups (broad SMARTS) is 1. The number of halogens is 3. The number of carboxylic acids is 1. The van der Waals surface area contributed by atoms with E-state index < -0.39 is 23.7 Å². The first-order valence-electron chi connectivity index (χ1n) is 10.1. The Hall–Kier alpha value is -2.68. The maximum atomic E-state index is 13.4. The van der Waals surface area contributed by atoms with E-state index in [0.29, 0.717) is 21.1 Å². The van der Waals surface area contributed by atoms with Gasteiger partial charge in [0.2, 0.25) is 0 Å². The van der Waals surface area contributed by atoms with Crippen LogP contribution in [0.1, 0.15) is 29.1 Å². The average molecular weight is 510 g/mol. The SMILES string of the molecule is CC(C)Cc1sc(NCC(NC(=O)c2cccc(F)c2)C(=O)O)nc1-c1ccc(Cl)c(Cl)c1. The second-order valence-corrected chi connectivity index (χ2v) is 9.67. The zero-order valence-electron chi connectivity index (χ0n) is 17.9. The van der Waals surface area contributed by atoms with Crippen LogP contribution in [0.4, 0.5) is 9.52 Å². The van der Waals surface area contributed by atoms with Crippen LogP contribution < -0.4 is 10.6 Å². The minimum absolute atomic E-state index is 0.0385. The van der Waals surface area contributed by atoms with E-state index in [1.54, 1.807) is 12.1 Å². The molecule has 0 fully saturated rings. The predicted molar refractivity (Wildman–Crippen MR) is 130 cm³/mol. The Bertz CT molecular complexity index is 1170. The summed E-state index contributed by atoms with van der Waals surface area (Å²) in [5, 5.41) is 16.3. The van der Waals surface area contributed by atoms with Gasteiger partial charge in [-0.1, -0.05) is 49.2 Å². The van der Waals surface area contributed by atoms with Gasteiger partial charge in [0.1, 0.15) is 11.9 Å². The van der Waals surface area contributed by atoms with Crippen LogP contribution in [0.5, 0.6) is 0 Å². The maximum absolute atomic E-state index is 13.4. The number of carbonyl (C=O) groups excluding carboxylic acids is 1. The molecule has 2 aromatic carbocycles. The molecule has 0 bridgehead atoms. The van der Waals surface area contributed by atoms with Gasteiger partial charge in [-0.3, -0.25) is 4.79 Å². The Kier molecular flexibility index (Phi) is 8.29. The number of hydrogen-bond donors (Lipinski definition) is 3. The molecule has 0 aliphatic carbocycles. The summed E-state index contributed by atoms with van der Waals surface area (Å²) in [5.41, 5.74) is 1.58. The third-order valence-corrected chi connectivity index (χ3v) is 6.41. The molecule has 0 saturated heterocycles. The summed E-state index contributed by atoms with van der Waals surface area (Å²) in [4.78, 5) is 29.7. The zero-order chi connectivity index (χ0) is 24.1. The van der Waals surface area contributed by atoms with Crippen LogP contribution >= 0.6 is 34.5 Å². The van der Waals surface area contributed by atoms with E-state index in [9.17, 15) is 19.1 Å². The third-order valence-electron chi connectivity index (χ3n) is 4.63. The smallest absolute Gasteiger partial charge is 0.328 e. The Balaban J connectivity index is 1.78. The van der Waals surface area contributed by atoms with Crippen molar-refractivity contribution in [1.82, 2.24) is 10.3 Å². The minimum Gasteiger partial charge on any atom is -0.480 e. The largest absolute Gasteiger partial charge is 0.480 e. The van der Waals surface area contributed by atoms with Crippen molar-refractivity contribution in [2.75, 3.05) is 11.9 Å². The van der Waals surface area contributed by atoms with Crippen molar-refractivity contribution >= 4 is 51.5 Å². The molecule has 3 N–H and O–H groups in total. The lowest BCUT2D eigenvalue weighted by Crippen LogP contribution is -2.45. The summed E-state index contributed by atoms with van der Waals surface area (Å²) in [7, 11) is 0. The van der Waals surface area contributed by atoms with Crippen molar-refractivity contribution < 1.29 is 19.1 Å². The number of nitrogens with zero attached hydrogens (tertiary/aromatic N) is 1. The van der Waals surface area contributed by atoms with Crippen molar-refractivity contribution in [3.8, 4) is 11.3 Å².